The number of hydrogen-bond acceptors (Lipinski definition) is 4. The lowest BCUT2D eigenvalue weighted by Gasteiger charge is -2.17. The summed E-state index contributed by atoms with van der Waals surface area (Å²) in [5.41, 5.74) is 6.31. The molecule has 1 heterocycles. The number of halogens is 4. The van der Waals surface area contributed by atoms with Gasteiger partial charge >= 0.3 is 6.18 Å². The molecule has 0 amide bonds. The Hall–Kier alpha value is -0.830. The molecular formula is C11H18ClF3N4O. The smallest absolute Gasteiger partial charge is 0.370 e. The molecule has 116 valence electrons. The monoisotopic (exact) mass is 314 g/mol. The summed E-state index contributed by atoms with van der Waals surface area (Å²) in [7, 11) is 3.80. The fourth-order valence-corrected chi connectivity index (χ4v) is 1.88. The SMILES string of the molecule is CN(C)CCn1ncc(Cl)c1C(N)COCC(F)(F)F. The molecule has 0 saturated heterocycles. The molecule has 0 aromatic carbocycles. The molecule has 1 aromatic heterocycles. The Morgan fingerprint density at radius 3 is 2.70 bits per heavy atom. The van der Waals surface area contributed by atoms with Gasteiger partial charge in [0.05, 0.1) is 36.1 Å². The summed E-state index contributed by atoms with van der Waals surface area (Å²) < 4.78 is 42.2. The van der Waals surface area contributed by atoms with E-state index in [0.29, 0.717) is 23.8 Å². The van der Waals surface area contributed by atoms with Gasteiger partial charge in [-0.1, -0.05) is 11.6 Å². The van der Waals surface area contributed by atoms with Crippen LogP contribution in [-0.4, -0.2) is 54.7 Å². The maximum absolute atomic E-state index is 12.0. The lowest BCUT2D eigenvalue weighted by Crippen LogP contribution is -2.27. The van der Waals surface area contributed by atoms with Gasteiger partial charge in [-0.3, -0.25) is 4.68 Å². The van der Waals surface area contributed by atoms with Gasteiger partial charge in [-0.15, -0.1) is 0 Å². The molecule has 20 heavy (non-hydrogen) atoms. The van der Waals surface area contributed by atoms with Gasteiger partial charge in [0, 0.05) is 6.54 Å². The van der Waals surface area contributed by atoms with Gasteiger partial charge in [0.2, 0.25) is 0 Å². The second-order valence-corrected chi connectivity index (χ2v) is 5.05. The number of ether oxygens (including phenoxy) is 1. The Morgan fingerprint density at radius 2 is 2.15 bits per heavy atom. The molecule has 1 unspecified atom stereocenters. The van der Waals surface area contributed by atoms with Gasteiger partial charge in [0.25, 0.3) is 0 Å². The Bertz CT molecular complexity index is 422. The molecule has 9 heteroatoms. The molecule has 0 aliphatic carbocycles. The predicted octanol–water partition coefficient (Wildman–Crippen LogP) is 1.68. The van der Waals surface area contributed by atoms with Crippen LogP contribution in [0.3, 0.4) is 0 Å². The zero-order chi connectivity index (χ0) is 15.3. The lowest BCUT2D eigenvalue weighted by atomic mass is 10.2. The molecule has 0 spiro atoms. The van der Waals surface area contributed by atoms with E-state index >= 15 is 0 Å². The standard InChI is InChI=1S/C11H18ClF3N4O/c1-18(2)3-4-19-10(8(12)5-17-19)9(16)6-20-7-11(13,14)15/h5,9H,3-4,6-7,16H2,1-2H3. The van der Waals surface area contributed by atoms with Gasteiger partial charge in [0.15, 0.2) is 0 Å². The van der Waals surface area contributed by atoms with Crippen molar-refractivity contribution in [2.45, 2.75) is 18.8 Å². The first-order chi connectivity index (χ1) is 9.20. The molecular weight excluding hydrogens is 297 g/mol. The molecule has 0 aliphatic heterocycles. The normalized spacial score (nSPS) is 14.0. The summed E-state index contributed by atoms with van der Waals surface area (Å²) in [6, 6.07) is -0.755. The minimum atomic E-state index is -4.37. The Kier molecular flexibility index (Phi) is 6.25. The molecule has 1 aromatic rings. The van der Waals surface area contributed by atoms with E-state index in [-0.39, 0.29) is 6.61 Å². The van der Waals surface area contributed by atoms with Gasteiger partial charge in [-0.25, -0.2) is 0 Å². The summed E-state index contributed by atoms with van der Waals surface area (Å²) in [6.07, 6.45) is -2.94. The number of aromatic nitrogens is 2. The number of likely N-dealkylation sites (N-methyl/N-ethyl adjacent to an activating group) is 1. The summed E-state index contributed by atoms with van der Waals surface area (Å²) in [4.78, 5) is 1.95. The van der Waals surface area contributed by atoms with E-state index in [4.69, 9.17) is 17.3 Å². The first-order valence-electron chi connectivity index (χ1n) is 5.96. The van der Waals surface area contributed by atoms with Crippen LogP contribution in [0.4, 0.5) is 13.2 Å². The fraction of sp³-hybridized carbons (Fsp3) is 0.727. The van der Waals surface area contributed by atoms with Crippen molar-refractivity contribution >= 4 is 11.6 Å². The lowest BCUT2D eigenvalue weighted by molar-refractivity contribution is -0.174. The van der Waals surface area contributed by atoms with Gasteiger partial charge < -0.3 is 15.4 Å². The highest BCUT2D eigenvalue weighted by atomic mass is 35.5. The van der Waals surface area contributed by atoms with Crippen LogP contribution in [0.15, 0.2) is 6.20 Å². The van der Waals surface area contributed by atoms with Crippen LogP contribution in [0.1, 0.15) is 11.7 Å². The molecule has 1 atom stereocenters. The molecule has 0 bridgehead atoms. The number of alkyl halides is 3. The molecule has 0 radical (unpaired) electrons. The molecule has 1 rings (SSSR count). The van der Waals surface area contributed by atoms with E-state index < -0.39 is 18.8 Å². The van der Waals surface area contributed by atoms with Crippen molar-refractivity contribution in [3.05, 3.63) is 16.9 Å². The van der Waals surface area contributed by atoms with Crippen LogP contribution in [0.5, 0.6) is 0 Å². The maximum Gasteiger partial charge on any atom is 0.411 e. The molecule has 0 aliphatic rings. The zero-order valence-corrected chi connectivity index (χ0v) is 12.1. The van der Waals surface area contributed by atoms with Gasteiger partial charge in [0.1, 0.15) is 6.61 Å². The third-order valence-corrected chi connectivity index (χ3v) is 2.80. The number of hydrogen-bond donors (Lipinski definition) is 1. The maximum atomic E-state index is 12.0. The van der Waals surface area contributed by atoms with E-state index in [0.717, 1.165) is 0 Å². The first kappa shape index (κ1) is 17.2. The second-order valence-electron chi connectivity index (χ2n) is 4.64. The van der Waals surface area contributed by atoms with Crippen molar-refractivity contribution in [1.82, 2.24) is 14.7 Å². The highest BCUT2D eigenvalue weighted by molar-refractivity contribution is 6.31. The largest absolute Gasteiger partial charge is 0.411 e. The van der Waals surface area contributed by atoms with E-state index in [1.165, 1.54) is 6.20 Å². The average molecular weight is 315 g/mol. The number of nitrogens with zero attached hydrogens (tertiary/aromatic N) is 3. The summed E-state index contributed by atoms with van der Waals surface area (Å²) in [5, 5.41) is 4.39. The van der Waals surface area contributed by atoms with Crippen molar-refractivity contribution in [3.63, 3.8) is 0 Å². The first-order valence-corrected chi connectivity index (χ1v) is 6.34. The minimum Gasteiger partial charge on any atom is -0.370 e. The van der Waals surface area contributed by atoms with Gasteiger partial charge in [-0.2, -0.15) is 18.3 Å². The molecule has 0 saturated carbocycles. The molecule has 5 nitrogen and oxygen atoms in total. The molecule has 2 N–H and O–H groups in total. The fourth-order valence-electron chi connectivity index (χ4n) is 1.59. The number of rotatable bonds is 7. The van der Waals surface area contributed by atoms with Crippen LogP contribution >= 0.6 is 11.6 Å². The third kappa shape index (κ3) is 5.66. The highest BCUT2D eigenvalue weighted by Crippen LogP contribution is 2.22. The number of nitrogens with two attached hydrogens (primary N) is 1. The topological polar surface area (TPSA) is 56.3 Å². The quantitative estimate of drug-likeness (QED) is 0.832. The van der Waals surface area contributed by atoms with Gasteiger partial charge in [-0.05, 0) is 14.1 Å². The summed E-state index contributed by atoms with van der Waals surface area (Å²) in [5.74, 6) is 0. The zero-order valence-electron chi connectivity index (χ0n) is 11.3. The third-order valence-electron chi connectivity index (χ3n) is 2.51. The van der Waals surface area contributed by atoms with Crippen LogP contribution in [-0.2, 0) is 11.3 Å². The van der Waals surface area contributed by atoms with Crippen molar-refractivity contribution < 1.29 is 17.9 Å². The Morgan fingerprint density at radius 1 is 1.50 bits per heavy atom. The summed E-state index contributed by atoms with van der Waals surface area (Å²) >= 11 is 5.97. The Balaban J connectivity index is 2.62. The predicted molar refractivity (Wildman–Crippen MR) is 69.6 cm³/mol. The van der Waals surface area contributed by atoms with Crippen molar-refractivity contribution in [1.29, 1.82) is 0 Å². The molecule has 0 fully saturated rings. The van der Waals surface area contributed by atoms with Crippen LogP contribution in [0.25, 0.3) is 0 Å². The van der Waals surface area contributed by atoms with Crippen LogP contribution in [0.2, 0.25) is 5.02 Å². The van der Waals surface area contributed by atoms with Crippen molar-refractivity contribution in [3.8, 4) is 0 Å². The average Bonchev–Trinajstić information content (AvgIpc) is 2.66. The van der Waals surface area contributed by atoms with Crippen molar-refractivity contribution in [2.24, 2.45) is 5.73 Å². The minimum absolute atomic E-state index is 0.271. The van der Waals surface area contributed by atoms with E-state index in [2.05, 4.69) is 9.84 Å². The van der Waals surface area contributed by atoms with Crippen LogP contribution in [0, 0.1) is 0 Å². The van der Waals surface area contributed by atoms with E-state index in [1.807, 2.05) is 19.0 Å². The van der Waals surface area contributed by atoms with Crippen LogP contribution < -0.4 is 5.73 Å². The van der Waals surface area contributed by atoms with E-state index in [1.54, 1.807) is 4.68 Å². The van der Waals surface area contributed by atoms with E-state index in [9.17, 15) is 13.2 Å². The highest BCUT2D eigenvalue weighted by Gasteiger charge is 2.28. The summed E-state index contributed by atoms with van der Waals surface area (Å²) in [6.45, 7) is -0.347. The Labute approximate surface area is 120 Å². The van der Waals surface area contributed by atoms with Crippen molar-refractivity contribution in [2.75, 3.05) is 33.9 Å². The second kappa shape index (κ2) is 7.26.